The van der Waals surface area contributed by atoms with Gasteiger partial charge < -0.3 is 20.5 Å². The van der Waals surface area contributed by atoms with Gasteiger partial charge in [0, 0.05) is 5.69 Å². The van der Waals surface area contributed by atoms with E-state index in [-0.39, 0.29) is 11.8 Å². The Hall–Kier alpha value is -3.21. The molecule has 0 bridgehead atoms. The van der Waals surface area contributed by atoms with Crippen LogP contribution < -0.4 is 20.5 Å². The van der Waals surface area contributed by atoms with Crippen molar-refractivity contribution in [3.05, 3.63) is 60.2 Å². The highest BCUT2D eigenvalue weighted by Gasteiger charge is 2.17. The van der Waals surface area contributed by atoms with E-state index in [1.165, 1.54) is 0 Å². The summed E-state index contributed by atoms with van der Waals surface area (Å²) in [5.41, 5.74) is 7.88. The molecule has 3 N–H and O–H groups in total. The zero-order valence-corrected chi connectivity index (χ0v) is 15.1. The first kappa shape index (κ1) is 17.6. The first-order valence-corrected chi connectivity index (χ1v) is 8.34. The second kappa shape index (κ2) is 7.35. The maximum atomic E-state index is 12.7. The van der Waals surface area contributed by atoms with Crippen molar-refractivity contribution < 1.29 is 14.3 Å². The Labute approximate surface area is 152 Å². The molecule has 134 valence electrons. The van der Waals surface area contributed by atoms with E-state index in [9.17, 15) is 4.79 Å². The summed E-state index contributed by atoms with van der Waals surface area (Å²) >= 11 is 0. The molecule has 1 unspecified atom stereocenters. The largest absolute Gasteiger partial charge is 0.497 e. The maximum absolute atomic E-state index is 12.7. The zero-order chi connectivity index (χ0) is 18.7. The summed E-state index contributed by atoms with van der Waals surface area (Å²) < 4.78 is 10.5. The number of nitrogen functional groups attached to an aromatic ring is 1. The van der Waals surface area contributed by atoms with E-state index in [1.807, 2.05) is 43.3 Å². The smallest absolute Gasteiger partial charge is 0.231 e. The van der Waals surface area contributed by atoms with Crippen LogP contribution in [0.5, 0.6) is 11.5 Å². The Morgan fingerprint density at radius 1 is 0.962 bits per heavy atom. The van der Waals surface area contributed by atoms with Gasteiger partial charge in [-0.25, -0.2) is 0 Å². The van der Waals surface area contributed by atoms with Gasteiger partial charge in [0.15, 0.2) is 0 Å². The SMILES string of the molecule is COc1ccc2cc(C(C)C(=O)Nc3cc(N)ccc3OC)ccc2c1. The minimum atomic E-state index is -0.326. The van der Waals surface area contributed by atoms with Gasteiger partial charge in [0.05, 0.1) is 25.8 Å². The minimum absolute atomic E-state index is 0.123. The van der Waals surface area contributed by atoms with Crippen molar-refractivity contribution in [1.29, 1.82) is 0 Å². The van der Waals surface area contributed by atoms with Crippen LogP contribution in [0.2, 0.25) is 0 Å². The van der Waals surface area contributed by atoms with Crippen LogP contribution in [0, 0.1) is 0 Å². The molecule has 0 aliphatic rings. The Bertz CT molecular complexity index is 953. The topological polar surface area (TPSA) is 73.6 Å². The molecular weight excluding hydrogens is 328 g/mol. The lowest BCUT2D eigenvalue weighted by Gasteiger charge is -2.16. The van der Waals surface area contributed by atoms with Crippen LogP contribution >= 0.6 is 0 Å². The average molecular weight is 350 g/mol. The second-order valence-electron chi connectivity index (χ2n) is 6.14. The van der Waals surface area contributed by atoms with Crippen molar-refractivity contribution in [1.82, 2.24) is 0 Å². The molecule has 5 heteroatoms. The van der Waals surface area contributed by atoms with Crippen LogP contribution in [0.15, 0.2) is 54.6 Å². The minimum Gasteiger partial charge on any atom is -0.497 e. The van der Waals surface area contributed by atoms with Gasteiger partial charge >= 0.3 is 0 Å². The van der Waals surface area contributed by atoms with E-state index in [0.29, 0.717) is 17.1 Å². The third kappa shape index (κ3) is 3.57. The first-order chi connectivity index (χ1) is 12.5. The summed E-state index contributed by atoms with van der Waals surface area (Å²) in [5.74, 6) is 0.935. The zero-order valence-electron chi connectivity index (χ0n) is 15.1. The van der Waals surface area contributed by atoms with E-state index < -0.39 is 0 Å². The molecule has 0 aliphatic carbocycles. The molecule has 0 heterocycles. The van der Waals surface area contributed by atoms with Crippen LogP contribution in [-0.4, -0.2) is 20.1 Å². The Kier molecular flexibility index (Phi) is 4.98. The van der Waals surface area contributed by atoms with E-state index in [0.717, 1.165) is 22.1 Å². The summed E-state index contributed by atoms with van der Waals surface area (Å²) in [7, 11) is 3.20. The number of fused-ring (bicyclic) bond motifs is 1. The van der Waals surface area contributed by atoms with Gasteiger partial charge in [-0.2, -0.15) is 0 Å². The molecule has 5 nitrogen and oxygen atoms in total. The fourth-order valence-corrected chi connectivity index (χ4v) is 2.85. The highest BCUT2D eigenvalue weighted by atomic mass is 16.5. The normalized spacial score (nSPS) is 11.8. The molecule has 0 aliphatic heterocycles. The van der Waals surface area contributed by atoms with Gasteiger partial charge in [-0.3, -0.25) is 4.79 Å². The number of nitrogens with two attached hydrogens (primary N) is 1. The molecule has 3 aromatic carbocycles. The summed E-state index contributed by atoms with van der Waals surface area (Å²) in [6, 6.07) is 17.0. The third-order valence-electron chi connectivity index (χ3n) is 4.45. The van der Waals surface area contributed by atoms with Crippen molar-refractivity contribution in [3.63, 3.8) is 0 Å². The molecule has 0 aromatic heterocycles. The van der Waals surface area contributed by atoms with Crippen molar-refractivity contribution >= 4 is 28.1 Å². The van der Waals surface area contributed by atoms with Crippen molar-refractivity contribution in [2.75, 3.05) is 25.3 Å². The number of benzene rings is 3. The molecule has 0 radical (unpaired) electrons. The van der Waals surface area contributed by atoms with E-state index in [2.05, 4.69) is 5.32 Å². The van der Waals surface area contributed by atoms with Gasteiger partial charge in [0.1, 0.15) is 11.5 Å². The highest BCUT2D eigenvalue weighted by molar-refractivity contribution is 5.98. The number of carbonyl (C=O) groups excluding carboxylic acids is 1. The number of carbonyl (C=O) groups is 1. The van der Waals surface area contributed by atoms with Crippen LogP contribution in [0.1, 0.15) is 18.4 Å². The van der Waals surface area contributed by atoms with Gasteiger partial charge in [-0.15, -0.1) is 0 Å². The standard InChI is InChI=1S/C21H22N2O3/c1-13(21(24)23-19-12-17(22)7-9-20(19)26-3)14-4-5-16-11-18(25-2)8-6-15(16)10-14/h4-13H,22H2,1-3H3,(H,23,24). The molecule has 1 atom stereocenters. The van der Waals surface area contributed by atoms with Crippen LogP contribution in [0.3, 0.4) is 0 Å². The Morgan fingerprint density at radius 2 is 1.69 bits per heavy atom. The summed E-state index contributed by atoms with van der Waals surface area (Å²) in [6.45, 7) is 1.87. The molecule has 1 amide bonds. The number of rotatable bonds is 5. The molecule has 0 saturated heterocycles. The fraction of sp³-hybridized carbons (Fsp3) is 0.190. The predicted molar refractivity (Wildman–Crippen MR) is 105 cm³/mol. The second-order valence-corrected chi connectivity index (χ2v) is 6.14. The molecule has 0 fully saturated rings. The van der Waals surface area contributed by atoms with Crippen LogP contribution in [0.4, 0.5) is 11.4 Å². The molecule has 3 rings (SSSR count). The Morgan fingerprint density at radius 3 is 2.42 bits per heavy atom. The van der Waals surface area contributed by atoms with Crippen LogP contribution in [-0.2, 0) is 4.79 Å². The molecule has 26 heavy (non-hydrogen) atoms. The Balaban J connectivity index is 1.84. The lowest BCUT2D eigenvalue weighted by atomic mass is 9.97. The molecular formula is C21H22N2O3. The van der Waals surface area contributed by atoms with Gasteiger partial charge in [-0.1, -0.05) is 24.3 Å². The maximum Gasteiger partial charge on any atom is 0.231 e. The number of hydrogen-bond donors (Lipinski definition) is 2. The number of anilines is 2. The molecule has 0 spiro atoms. The van der Waals surface area contributed by atoms with Gasteiger partial charge in [-0.05, 0) is 53.6 Å². The lowest BCUT2D eigenvalue weighted by Crippen LogP contribution is -2.19. The van der Waals surface area contributed by atoms with Crippen molar-refractivity contribution in [2.45, 2.75) is 12.8 Å². The van der Waals surface area contributed by atoms with Crippen molar-refractivity contribution in [3.8, 4) is 11.5 Å². The number of ether oxygens (including phenoxy) is 2. The predicted octanol–water partition coefficient (Wildman–Crippen LogP) is 4.18. The van der Waals surface area contributed by atoms with E-state index >= 15 is 0 Å². The van der Waals surface area contributed by atoms with Crippen LogP contribution in [0.25, 0.3) is 10.8 Å². The monoisotopic (exact) mass is 350 g/mol. The van der Waals surface area contributed by atoms with E-state index in [4.69, 9.17) is 15.2 Å². The number of hydrogen-bond acceptors (Lipinski definition) is 4. The quantitative estimate of drug-likeness (QED) is 0.677. The third-order valence-corrected chi connectivity index (χ3v) is 4.45. The molecule has 0 saturated carbocycles. The summed E-state index contributed by atoms with van der Waals surface area (Å²) in [5, 5.41) is 5.03. The highest BCUT2D eigenvalue weighted by Crippen LogP contribution is 2.29. The van der Waals surface area contributed by atoms with E-state index in [1.54, 1.807) is 32.4 Å². The van der Waals surface area contributed by atoms with Gasteiger partial charge in [0.2, 0.25) is 5.91 Å². The van der Waals surface area contributed by atoms with Crippen molar-refractivity contribution in [2.24, 2.45) is 0 Å². The lowest BCUT2D eigenvalue weighted by molar-refractivity contribution is -0.117. The average Bonchev–Trinajstić information content (AvgIpc) is 2.66. The summed E-state index contributed by atoms with van der Waals surface area (Å²) in [6.07, 6.45) is 0. The first-order valence-electron chi connectivity index (χ1n) is 8.34. The fourth-order valence-electron chi connectivity index (χ4n) is 2.85. The summed E-state index contributed by atoms with van der Waals surface area (Å²) in [4.78, 5) is 12.7. The van der Waals surface area contributed by atoms with Gasteiger partial charge in [0.25, 0.3) is 0 Å². The number of amides is 1. The molecule has 3 aromatic rings. The number of nitrogens with one attached hydrogen (secondary N) is 1. The number of methoxy groups -OCH3 is 2.